The van der Waals surface area contributed by atoms with Gasteiger partial charge in [0.05, 0.1) is 0 Å². The van der Waals surface area contributed by atoms with Gasteiger partial charge in [-0.2, -0.15) is 0 Å². The fourth-order valence-electron chi connectivity index (χ4n) is 29.1. The van der Waals surface area contributed by atoms with Crippen LogP contribution in [0.25, 0.3) is 0 Å². The summed E-state index contributed by atoms with van der Waals surface area (Å²) in [5.41, 5.74) is 8.77. The van der Waals surface area contributed by atoms with E-state index in [9.17, 15) is 0 Å². The molecule has 24 atom stereocenters. The molecule has 0 radical (unpaired) electrons. The second kappa shape index (κ2) is 26.7. The van der Waals surface area contributed by atoms with Gasteiger partial charge in [-0.05, 0) is 293 Å². The molecule has 1 saturated heterocycles. The summed E-state index contributed by atoms with van der Waals surface area (Å²) in [4.78, 5) is 9.51. The van der Waals surface area contributed by atoms with Gasteiger partial charge in [-0.15, -0.1) is 0 Å². The van der Waals surface area contributed by atoms with Gasteiger partial charge in [0.25, 0.3) is 0 Å². The van der Waals surface area contributed by atoms with E-state index in [1.165, 1.54) is 251 Å². The van der Waals surface area contributed by atoms with Gasteiger partial charge < -0.3 is 0 Å². The molecule has 0 aromatic carbocycles. The summed E-state index contributed by atoms with van der Waals surface area (Å²) in [6, 6.07) is 2.14. The Morgan fingerprint density at radius 1 is 0.322 bits per heavy atom. The SMILES string of the molecule is CC(C)CCC[C@@H](C)[C@H]1CC[C@H]2[C@@H]3CC=C4C[C@@H](N5CCN([C@H]6CC[C@@]7(C)C(=CC[C@H]8[C@@H]9CC[C@H]([C@H](C)CCCC(C)C)[C@@]9(C)CC[C@@H]87)C6)CCN([C@H]6CC[C@@]7(C)C(=CC[C@H]8[C@@H]9CC[C@H]([C@H](C)CCCC(C)C)[C@@]9(C)CC[C@@H]87)C6)CC5)CC[C@]4(C)[C@H]3CC[C@]12C. The summed E-state index contributed by atoms with van der Waals surface area (Å²) in [7, 11) is 0. The quantitative estimate of drug-likeness (QED) is 0.127. The van der Waals surface area contributed by atoms with E-state index in [-0.39, 0.29) is 0 Å². The first-order valence-corrected chi connectivity index (χ1v) is 41.3. The number of hydrogen-bond donors (Lipinski definition) is 0. The van der Waals surface area contributed by atoms with Gasteiger partial charge in [0.2, 0.25) is 0 Å². The standard InChI is InChI=1S/C87H147N3/c1-58(2)19-16-22-61(7)73-31-34-76-70-28-25-64-55-67(37-43-82(64,10)79(70)40-46-85(73,76)13)88-49-51-89(68-38-44-83(11)65(56-68)26-29-71-77-35-32-74(62(8)23-17-20-59(3)4)86(77,14)47-41-80(71)83)53-54-90(52-50-88)69-39-45-84(12)66(57-69)27-30-72-78-36-33-75(63(9)24-18-21-60(5)6)87(78,15)48-42-81(72)84/h25-27,58-63,67-81H,16-24,28-57H2,1-15H3/t61-,62-,63-,67+,68+,69+,70+,71+,72+,73-,74-,75-,76+,77+,78+,79+,80+,81+,82+,83+,84+,85-,86-,87-/m1/s1. The molecule has 1 heterocycles. The topological polar surface area (TPSA) is 9.72 Å². The molecule has 0 spiro atoms. The van der Waals surface area contributed by atoms with Crippen LogP contribution in [-0.4, -0.2) is 72.1 Å². The maximum absolute atomic E-state index is 3.17. The van der Waals surface area contributed by atoms with E-state index in [4.69, 9.17) is 0 Å². The molecule has 0 aromatic heterocycles. The van der Waals surface area contributed by atoms with E-state index in [2.05, 4.69) is 137 Å². The second-order valence-electron chi connectivity index (χ2n) is 39.7. The molecule has 13 aliphatic rings. The number of fused-ring (bicyclic) bond motifs is 15. The van der Waals surface area contributed by atoms with Crippen molar-refractivity contribution >= 4 is 0 Å². The van der Waals surface area contributed by atoms with Crippen molar-refractivity contribution < 1.29 is 0 Å². The number of nitrogens with zero attached hydrogens (tertiary/aromatic N) is 3. The Bertz CT molecular complexity index is 2250. The zero-order valence-corrected chi connectivity index (χ0v) is 62.3. The molecule has 90 heavy (non-hydrogen) atoms. The fourth-order valence-corrected chi connectivity index (χ4v) is 29.1. The van der Waals surface area contributed by atoms with E-state index in [0.29, 0.717) is 50.6 Å². The predicted octanol–water partition coefficient (Wildman–Crippen LogP) is 23.1. The molecule has 10 fully saturated rings. The Morgan fingerprint density at radius 2 is 0.589 bits per heavy atom. The van der Waals surface area contributed by atoms with Crippen molar-refractivity contribution in [2.45, 2.75) is 334 Å². The zero-order chi connectivity index (χ0) is 63.3. The highest BCUT2D eigenvalue weighted by molar-refractivity contribution is 5.30. The Morgan fingerprint density at radius 3 is 0.844 bits per heavy atom. The van der Waals surface area contributed by atoms with Crippen molar-refractivity contribution in [3.63, 3.8) is 0 Å². The minimum atomic E-state index is 0.423. The molecule has 0 N–H and O–H groups in total. The number of rotatable bonds is 18. The van der Waals surface area contributed by atoms with E-state index in [1.54, 1.807) is 0 Å². The van der Waals surface area contributed by atoms with Crippen LogP contribution in [0.5, 0.6) is 0 Å². The summed E-state index contributed by atoms with van der Waals surface area (Å²) in [6.07, 6.45) is 56.8. The fraction of sp³-hybridized carbons (Fsp3) is 0.931. The molecule has 3 nitrogen and oxygen atoms in total. The third-order valence-corrected chi connectivity index (χ3v) is 34.4. The van der Waals surface area contributed by atoms with E-state index in [0.717, 1.165) is 107 Å². The van der Waals surface area contributed by atoms with Crippen LogP contribution in [0, 0.1) is 139 Å². The Hall–Kier alpha value is -0.900. The normalized spacial score (nSPS) is 46.7. The van der Waals surface area contributed by atoms with E-state index >= 15 is 0 Å². The van der Waals surface area contributed by atoms with E-state index < -0.39 is 0 Å². The highest BCUT2D eigenvalue weighted by Gasteiger charge is 2.63. The molecule has 13 rings (SSSR count). The molecule has 1 aliphatic heterocycles. The molecule has 3 heteroatoms. The van der Waals surface area contributed by atoms with Gasteiger partial charge in [0, 0.05) is 57.4 Å². The maximum Gasteiger partial charge on any atom is 0.0134 e. The lowest BCUT2D eigenvalue weighted by atomic mass is 9.46. The second-order valence-corrected chi connectivity index (χ2v) is 39.7. The summed E-state index contributed by atoms with van der Waals surface area (Å²) < 4.78 is 0. The molecular formula is C87H147N3. The summed E-state index contributed by atoms with van der Waals surface area (Å²) >= 11 is 0. The first kappa shape index (κ1) is 67.7. The highest BCUT2D eigenvalue weighted by Crippen LogP contribution is 2.71. The van der Waals surface area contributed by atoms with Crippen molar-refractivity contribution in [1.82, 2.24) is 14.7 Å². The van der Waals surface area contributed by atoms with Crippen molar-refractivity contribution in [3.05, 3.63) is 34.9 Å². The Balaban J connectivity index is 0.713. The lowest BCUT2D eigenvalue weighted by Gasteiger charge is -2.59. The summed E-state index contributed by atoms with van der Waals surface area (Å²) in [6.45, 7) is 47.3. The third kappa shape index (κ3) is 12.2. The predicted molar refractivity (Wildman–Crippen MR) is 385 cm³/mol. The lowest BCUT2D eigenvalue weighted by molar-refractivity contribution is -0.0562. The van der Waals surface area contributed by atoms with Gasteiger partial charge in [-0.25, -0.2) is 0 Å². The van der Waals surface area contributed by atoms with Gasteiger partial charge >= 0.3 is 0 Å². The van der Waals surface area contributed by atoms with Crippen LogP contribution in [0.2, 0.25) is 0 Å². The van der Waals surface area contributed by atoms with Crippen LogP contribution in [0.15, 0.2) is 34.9 Å². The summed E-state index contributed by atoms with van der Waals surface area (Å²) in [5, 5.41) is 0. The average molecular weight is 1240 g/mol. The average Bonchev–Trinajstić information content (AvgIpc) is 1.36. The van der Waals surface area contributed by atoms with Crippen molar-refractivity contribution in [2.75, 3.05) is 39.3 Å². The third-order valence-electron chi connectivity index (χ3n) is 34.4. The largest absolute Gasteiger partial charge is 0.298 e. The number of allylic oxidation sites excluding steroid dienone is 3. The highest BCUT2D eigenvalue weighted by atomic mass is 15.3. The van der Waals surface area contributed by atoms with Crippen LogP contribution in [-0.2, 0) is 0 Å². The molecule has 510 valence electrons. The Kier molecular flexibility index (Phi) is 20.1. The van der Waals surface area contributed by atoms with E-state index in [1.807, 2.05) is 16.7 Å². The lowest BCUT2D eigenvalue weighted by Crippen LogP contribution is -2.53. The minimum absolute atomic E-state index is 0.423. The molecule has 0 bridgehead atoms. The Labute approximate surface area is 558 Å². The van der Waals surface area contributed by atoms with Crippen LogP contribution < -0.4 is 0 Å². The van der Waals surface area contributed by atoms with Gasteiger partial charge in [0.1, 0.15) is 0 Å². The van der Waals surface area contributed by atoms with Crippen LogP contribution in [0.1, 0.15) is 316 Å². The van der Waals surface area contributed by atoms with Crippen LogP contribution in [0.4, 0.5) is 0 Å². The molecule has 12 aliphatic carbocycles. The molecule has 0 unspecified atom stereocenters. The maximum atomic E-state index is 3.17. The smallest absolute Gasteiger partial charge is 0.0134 e. The molecule has 9 saturated carbocycles. The van der Waals surface area contributed by atoms with Crippen molar-refractivity contribution in [2.24, 2.45) is 139 Å². The molecule has 0 amide bonds. The van der Waals surface area contributed by atoms with Gasteiger partial charge in [-0.1, -0.05) is 197 Å². The van der Waals surface area contributed by atoms with Crippen molar-refractivity contribution in [1.29, 1.82) is 0 Å². The minimum Gasteiger partial charge on any atom is -0.298 e. The first-order chi connectivity index (χ1) is 43.0. The zero-order valence-electron chi connectivity index (χ0n) is 62.3. The molecule has 0 aromatic rings. The first-order valence-electron chi connectivity index (χ1n) is 41.3. The number of hydrogen-bond acceptors (Lipinski definition) is 3. The summed E-state index contributed by atoms with van der Waals surface area (Å²) in [5.74, 6) is 16.5. The monoisotopic (exact) mass is 1230 g/mol. The van der Waals surface area contributed by atoms with Crippen molar-refractivity contribution in [3.8, 4) is 0 Å². The van der Waals surface area contributed by atoms with Gasteiger partial charge in [0.15, 0.2) is 0 Å². The van der Waals surface area contributed by atoms with Crippen LogP contribution in [0.3, 0.4) is 0 Å². The van der Waals surface area contributed by atoms with Gasteiger partial charge in [-0.3, -0.25) is 14.7 Å². The molecular weight excluding hydrogens is 1090 g/mol. The van der Waals surface area contributed by atoms with Crippen LogP contribution >= 0.6 is 0 Å².